The number of piperazine rings is 1. The van der Waals surface area contributed by atoms with Crippen LogP contribution in [0.15, 0.2) is 16.5 Å². The number of hydrogen-bond acceptors (Lipinski definition) is 5. The van der Waals surface area contributed by atoms with Gasteiger partial charge in [0.05, 0.1) is 0 Å². The molecule has 3 rings (SSSR count). The lowest BCUT2D eigenvalue weighted by molar-refractivity contribution is 0.0739. The van der Waals surface area contributed by atoms with E-state index in [4.69, 9.17) is 4.42 Å². The van der Waals surface area contributed by atoms with E-state index in [-0.39, 0.29) is 5.91 Å². The zero-order valence-corrected chi connectivity index (χ0v) is 14.1. The number of aryl methyl sites for hydroxylation is 4. The van der Waals surface area contributed by atoms with Crippen LogP contribution in [0.3, 0.4) is 0 Å². The van der Waals surface area contributed by atoms with E-state index in [0.717, 1.165) is 24.5 Å². The Kier molecular flexibility index (Phi) is 4.07. The summed E-state index contributed by atoms with van der Waals surface area (Å²) in [7, 11) is 0. The molecule has 1 aliphatic rings. The van der Waals surface area contributed by atoms with Crippen molar-refractivity contribution >= 4 is 11.6 Å². The molecule has 1 fully saturated rings. The smallest absolute Gasteiger partial charge is 0.276 e. The van der Waals surface area contributed by atoms with E-state index in [1.54, 1.807) is 13.8 Å². The van der Waals surface area contributed by atoms with Gasteiger partial charge in [-0.15, -0.1) is 0 Å². The van der Waals surface area contributed by atoms with Gasteiger partial charge < -0.3 is 14.2 Å². The second kappa shape index (κ2) is 6.02. The molecule has 0 spiro atoms. The number of rotatable bonds is 2. The molecule has 0 N–H and O–H groups in total. The summed E-state index contributed by atoms with van der Waals surface area (Å²) in [6.45, 7) is 10.5. The molecule has 0 bridgehead atoms. The lowest BCUT2D eigenvalue weighted by Crippen LogP contribution is -2.49. The third-order valence-electron chi connectivity index (χ3n) is 4.10. The minimum absolute atomic E-state index is 0.0407. The number of carbonyl (C=O) groups excluding carboxylic acids is 1. The van der Waals surface area contributed by atoms with Crippen LogP contribution in [-0.2, 0) is 0 Å². The fourth-order valence-corrected chi connectivity index (χ4v) is 3.04. The van der Waals surface area contributed by atoms with Gasteiger partial charge in [-0.3, -0.25) is 9.78 Å². The van der Waals surface area contributed by atoms with E-state index >= 15 is 0 Å². The number of carbonyl (C=O) groups is 1. The van der Waals surface area contributed by atoms with E-state index in [2.05, 4.69) is 27.0 Å². The molecule has 0 saturated carbocycles. The number of amides is 1. The van der Waals surface area contributed by atoms with Crippen molar-refractivity contribution in [2.75, 3.05) is 31.1 Å². The highest BCUT2D eigenvalue weighted by molar-refractivity contribution is 5.93. The Balaban J connectivity index is 1.68. The largest absolute Gasteiger partial charge is 0.445 e. The molecule has 1 aliphatic heterocycles. The number of oxazole rings is 1. The third-order valence-corrected chi connectivity index (χ3v) is 4.10. The molecule has 2 aromatic heterocycles. The van der Waals surface area contributed by atoms with Crippen molar-refractivity contribution in [3.05, 3.63) is 40.9 Å². The summed E-state index contributed by atoms with van der Waals surface area (Å²) in [5.74, 6) is 1.09. The normalized spacial score (nSPS) is 15.1. The second-order valence-electron chi connectivity index (χ2n) is 6.03. The molecule has 2 aromatic rings. The lowest BCUT2D eigenvalue weighted by Gasteiger charge is -2.36. The quantitative estimate of drug-likeness (QED) is 0.851. The van der Waals surface area contributed by atoms with Crippen LogP contribution in [0, 0.1) is 27.7 Å². The Labute approximate surface area is 136 Å². The van der Waals surface area contributed by atoms with Gasteiger partial charge in [-0.05, 0) is 32.9 Å². The van der Waals surface area contributed by atoms with Gasteiger partial charge in [-0.25, -0.2) is 4.98 Å². The zero-order chi connectivity index (χ0) is 16.6. The molecule has 0 radical (unpaired) electrons. The van der Waals surface area contributed by atoms with Crippen LogP contribution < -0.4 is 4.90 Å². The van der Waals surface area contributed by atoms with Crippen molar-refractivity contribution < 1.29 is 9.21 Å². The molecule has 1 amide bonds. The highest BCUT2D eigenvalue weighted by atomic mass is 16.4. The second-order valence-corrected chi connectivity index (χ2v) is 6.03. The Bertz CT molecular complexity index is 710. The highest BCUT2D eigenvalue weighted by Gasteiger charge is 2.26. The minimum Gasteiger partial charge on any atom is -0.445 e. The molecule has 0 aliphatic carbocycles. The maximum Gasteiger partial charge on any atom is 0.276 e. The molecule has 3 heterocycles. The number of anilines is 1. The van der Waals surface area contributed by atoms with Gasteiger partial charge in [-0.1, -0.05) is 0 Å². The van der Waals surface area contributed by atoms with Crippen LogP contribution in [0.1, 0.15) is 33.5 Å². The predicted octanol–water partition coefficient (Wildman–Crippen LogP) is 2.27. The summed E-state index contributed by atoms with van der Waals surface area (Å²) in [6.07, 6.45) is 0. The third kappa shape index (κ3) is 3.21. The summed E-state index contributed by atoms with van der Waals surface area (Å²) in [5, 5.41) is 0. The number of nitrogens with zero attached hydrogens (tertiary/aromatic N) is 4. The number of pyridine rings is 1. The Hall–Kier alpha value is -2.37. The van der Waals surface area contributed by atoms with Crippen LogP contribution in [0.4, 0.5) is 5.69 Å². The molecule has 23 heavy (non-hydrogen) atoms. The molecule has 6 heteroatoms. The van der Waals surface area contributed by atoms with Crippen LogP contribution >= 0.6 is 0 Å². The molecule has 0 unspecified atom stereocenters. The average molecular weight is 314 g/mol. The Morgan fingerprint density at radius 1 is 1.00 bits per heavy atom. The highest BCUT2D eigenvalue weighted by Crippen LogP contribution is 2.20. The van der Waals surface area contributed by atoms with Crippen LogP contribution in [0.5, 0.6) is 0 Å². The zero-order valence-electron chi connectivity index (χ0n) is 14.1. The molecule has 122 valence electrons. The molecular weight excluding hydrogens is 292 g/mol. The first kappa shape index (κ1) is 15.5. The first-order valence-electron chi connectivity index (χ1n) is 7.87. The van der Waals surface area contributed by atoms with Crippen molar-refractivity contribution in [1.29, 1.82) is 0 Å². The molecule has 6 nitrogen and oxygen atoms in total. The van der Waals surface area contributed by atoms with E-state index in [1.807, 2.05) is 18.7 Å². The van der Waals surface area contributed by atoms with Gasteiger partial charge in [0.2, 0.25) is 0 Å². The van der Waals surface area contributed by atoms with Crippen molar-refractivity contribution in [2.24, 2.45) is 0 Å². The summed E-state index contributed by atoms with van der Waals surface area (Å²) in [4.78, 5) is 25.3. The number of hydrogen-bond donors (Lipinski definition) is 0. The molecule has 1 saturated heterocycles. The van der Waals surface area contributed by atoms with Gasteiger partial charge in [-0.2, -0.15) is 0 Å². The Morgan fingerprint density at radius 3 is 2.13 bits per heavy atom. The van der Waals surface area contributed by atoms with Crippen LogP contribution in [0.2, 0.25) is 0 Å². The summed E-state index contributed by atoms with van der Waals surface area (Å²) < 4.78 is 5.37. The first-order valence-corrected chi connectivity index (χ1v) is 7.87. The van der Waals surface area contributed by atoms with E-state index in [0.29, 0.717) is 30.4 Å². The van der Waals surface area contributed by atoms with Crippen LogP contribution in [-0.4, -0.2) is 47.0 Å². The monoisotopic (exact) mass is 314 g/mol. The summed E-state index contributed by atoms with van der Waals surface area (Å²) >= 11 is 0. The summed E-state index contributed by atoms with van der Waals surface area (Å²) in [6, 6.07) is 4.19. The van der Waals surface area contributed by atoms with Gasteiger partial charge in [0.1, 0.15) is 5.76 Å². The SMILES string of the molecule is Cc1cc(N2CCN(C(=O)c3nc(C)oc3C)CC2)cc(C)n1. The van der Waals surface area contributed by atoms with Gasteiger partial charge in [0, 0.05) is 50.2 Å². The van der Waals surface area contributed by atoms with Gasteiger partial charge in [0.25, 0.3) is 5.91 Å². The number of aromatic nitrogens is 2. The van der Waals surface area contributed by atoms with Crippen molar-refractivity contribution in [1.82, 2.24) is 14.9 Å². The van der Waals surface area contributed by atoms with E-state index < -0.39 is 0 Å². The van der Waals surface area contributed by atoms with E-state index in [1.165, 1.54) is 5.69 Å². The molecular formula is C17H22N4O2. The lowest BCUT2D eigenvalue weighted by atomic mass is 10.2. The van der Waals surface area contributed by atoms with Crippen molar-refractivity contribution in [3.63, 3.8) is 0 Å². The molecule has 0 atom stereocenters. The fourth-order valence-electron chi connectivity index (χ4n) is 3.04. The topological polar surface area (TPSA) is 62.5 Å². The van der Waals surface area contributed by atoms with Crippen molar-refractivity contribution in [3.8, 4) is 0 Å². The van der Waals surface area contributed by atoms with Crippen molar-refractivity contribution in [2.45, 2.75) is 27.7 Å². The van der Waals surface area contributed by atoms with Gasteiger partial charge in [0.15, 0.2) is 11.6 Å². The first-order chi connectivity index (χ1) is 10.9. The fraction of sp³-hybridized carbons (Fsp3) is 0.471. The van der Waals surface area contributed by atoms with E-state index in [9.17, 15) is 4.79 Å². The standard InChI is InChI=1S/C17H22N4O2/c1-11-9-15(10-12(2)18-11)20-5-7-21(8-6-20)17(22)16-13(3)23-14(4)19-16/h9-10H,5-8H2,1-4H3. The predicted molar refractivity (Wildman–Crippen MR) is 87.8 cm³/mol. The Morgan fingerprint density at radius 2 is 1.61 bits per heavy atom. The average Bonchev–Trinajstić information content (AvgIpc) is 2.84. The van der Waals surface area contributed by atoms with Crippen LogP contribution in [0.25, 0.3) is 0 Å². The van der Waals surface area contributed by atoms with Gasteiger partial charge >= 0.3 is 0 Å². The minimum atomic E-state index is -0.0407. The summed E-state index contributed by atoms with van der Waals surface area (Å²) in [5.41, 5.74) is 3.65. The maximum absolute atomic E-state index is 12.6. The maximum atomic E-state index is 12.6. The molecule has 0 aromatic carbocycles.